The van der Waals surface area contributed by atoms with Gasteiger partial charge in [0.05, 0.1) is 12.2 Å². The van der Waals surface area contributed by atoms with Crippen molar-refractivity contribution >= 4 is 22.5 Å². The van der Waals surface area contributed by atoms with Gasteiger partial charge < -0.3 is 4.90 Å². The maximum atomic E-state index is 14.7. The Morgan fingerprint density at radius 2 is 1.90 bits per heavy atom. The number of aromatic nitrogens is 4. The maximum Gasteiger partial charge on any atom is 0.266 e. The Morgan fingerprint density at radius 3 is 2.74 bits per heavy atom. The van der Waals surface area contributed by atoms with Gasteiger partial charge in [0.2, 0.25) is 0 Å². The van der Waals surface area contributed by atoms with Gasteiger partial charge in [0, 0.05) is 30.1 Å². The van der Waals surface area contributed by atoms with E-state index in [0.29, 0.717) is 27.9 Å². The fraction of sp³-hybridized carbons (Fsp3) is 0.273. The van der Waals surface area contributed by atoms with Crippen molar-refractivity contribution in [1.82, 2.24) is 24.5 Å². The molecule has 0 saturated carbocycles. The summed E-state index contributed by atoms with van der Waals surface area (Å²) in [5, 5.41) is 5.42. The third-order valence-electron chi connectivity index (χ3n) is 5.57. The third kappa shape index (κ3) is 3.60. The summed E-state index contributed by atoms with van der Waals surface area (Å²) in [5.74, 6) is -4.21. The van der Waals surface area contributed by atoms with Gasteiger partial charge >= 0.3 is 0 Å². The van der Waals surface area contributed by atoms with E-state index in [4.69, 9.17) is 0 Å². The molecule has 0 radical (unpaired) electrons. The summed E-state index contributed by atoms with van der Waals surface area (Å²) in [6.07, 6.45) is 0.930. The van der Waals surface area contributed by atoms with E-state index < -0.39 is 30.7 Å². The molecule has 1 aliphatic heterocycles. The summed E-state index contributed by atoms with van der Waals surface area (Å²) in [5.41, 5.74) is 1.47. The zero-order valence-electron chi connectivity index (χ0n) is 16.6. The number of hydrogen-bond acceptors (Lipinski definition) is 4. The molecule has 1 fully saturated rings. The van der Waals surface area contributed by atoms with Crippen molar-refractivity contribution in [1.29, 1.82) is 0 Å². The first-order valence-electron chi connectivity index (χ1n) is 9.83. The van der Waals surface area contributed by atoms with E-state index in [-0.39, 0.29) is 17.9 Å². The number of carbonyl (C=O) groups excluding carboxylic acids is 1. The molecule has 3 heterocycles. The lowest BCUT2D eigenvalue weighted by molar-refractivity contribution is -0.0641. The van der Waals surface area contributed by atoms with Gasteiger partial charge in [0.15, 0.2) is 0 Å². The normalized spacial score (nSPS) is 18.6. The minimum atomic E-state index is -3.05. The molecule has 9 heteroatoms. The van der Waals surface area contributed by atoms with Crippen LogP contribution in [-0.2, 0) is 0 Å². The Bertz CT molecular complexity index is 1320. The number of likely N-dealkylation sites (tertiary alicyclic amines) is 1. The fourth-order valence-corrected chi connectivity index (χ4v) is 4.23. The van der Waals surface area contributed by atoms with Crippen LogP contribution in [0.4, 0.5) is 13.2 Å². The first kappa shape index (κ1) is 19.5. The first-order chi connectivity index (χ1) is 14.8. The highest BCUT2D eigenvalue weighted by Gasteiger charge is 2.43. The molecular weight excluding hydrogens is 407 g/mol. The third-order valence-corrected chi connectivity index (χ3v) is 5.57. The molecule has 0 spiro atoms. The number of nitrogens with zero attached hydrogens (tertiary/aromatic N) is 5. The number of amides is 1. The number of piperidine rings is 1. The second kappa shape index (κ2) is 7.04. The van der Waals surface area contributed by atoms with Gasteiger partial charge in [-0.3, -0.25) is 4.79 Å². The molecule has 0 N–H and O–H groups in total. The molecule has 0 bridgehead atoms. The second-order valence-electron chi connectivity index (χ2n) is 7.94. The van der Waals surface area contributed by atoms with Crippen LogP contribution in [0.25, 0.3) is 16.6 Å². The van der Waals surface area contributed by atoms with Gasteiger partial charge in [-0.1, -0.05) is 12.1 Å². The summed E-state index contributed by atoms with van der Waals surface area (Å²) in [6.45, 7) is 1.22. The van der Waals surface area contributed by atoms with Gasteiger partial charge in [0.25, 0.3) is 17.6 Å². The number of benzene rings is 2. The molecule has 4 aromatic rings. The highest BCUT2D eigenvalue weighted by molar-refractivity contribution is 5.98. The topological polar surface area (TPSA) is 63.4 Å². The summed E-state index contributed by atoms with van der Waals surface area (Å²) in [4.78, 5) is 22.6. The average molecular weight is 425 g/mol. The Morgan fingerprint density at radius 1 is 1.13 bits per heavy atom. The number of aryl methyl sites for hydroxylation is 1. The van der Waals surface area contributed by atoms with Crippen molar-refractivity contribution in [3.05, 3.63) is 71.6 Å². The van der Waals surface area contributed by atoms with Gasteiger partial charge in [0.1, 0.15) is 12.1 Å². The molecule has 2 aromatic heterocycles. The summed E-state index contributed by atoms with van der Waals surface area (Å²) in [7, 11) is 0. The van der Waals surface area contributed by atoms with E-state index in [1.54, 1.807) is 31.2 Å². The summed E-state index contributed by atoms with van der Waals surface area (Å²) < 4.78 is 44.3. The van der Waals surface area contributed by atoms with Crippen LogP contribution in [-0.4, -0.2) is 49.4 Å². The van der Waals surface area contributed by atoms with Crippen molar-refractivity contribution in [2.45, 2.75) is 25.2 Å². The zero-order chi connectivity index (χ0) is 21.8. The standard InChI is InChI=1S/C22H18F3N5O/c1-13-6-19(30-21(28-13)26-12-27-30)17-9-22(24,25)11-29(10-17)20(31)16-3-2-15-8-18(23)5-4-14(15)7-16/h2-8,12,17H,9-11H2,1H3. The predicted octanol–water partition coefficient (Wildman–Crippen LogP) is 3.99. The largest absolute Gasteiger partial charge is 0.332 e. The van der Waals surface area contributed by atoms with Crippen LogP contribution in [0.1, 0.15) is 34.1 Å². The molecule has 1 amide bonds. The number of alkyl halides is 2. The van der Waals surface area contributed by atoms with Crippen molar-refractivity contribution in [3.8, 4) is 0 Å². The Balaban J connectivity index is 1.50. The lowest BCUT2D eigenvalue weighted by atomic mass is 9.91. The number of rotatable bonds is 2. The molecule has 6 nitrogen and oxygen atoms in total. The van der Waals surface area contributed by atoms with Crippen LogP contribution in [0.5, 0.6) is 0 Å². The van der Waals surface area contributed by atoms with Crippen molar-refractivity contribution in [3.63, 3.8) is 0 Å². The van der Waals surface area contributed by atoms with E-state index >= 15 is 0 Å². The molecule has 5 rings (SSSR count). The highest BCUT2D eigenvalue weighted by Crippen LogP contribution is 2.37. The smallest absolute Gasteiger partial charge is 0.266 e. The Labute approximate surface area is 175 Å². The van der Waals surface area contributed by atoms with Crippen LogP contribution in [0.3, 0.4) is 0 Å². The SMILES string of the molecule is Cc1cc(C2CN(C(=O)c3ccc4cc(F)ccc4c3)CC(F)(F)C2)n2ncnc2n1. The van der Waals surface area contributed by atoms with Crippen LogP contribution in [0.15, 0.2) is 48.8 Å². The maximum absolute atomic E-state index is 14.7. The molecule has 0 aliphatic carbocycles. The van der Waals surface area contributed by atoms with E-state index in [9.17, 15) is 18.0 Å². The van der Waals surface area contributed by atoms with Crippen LogP contribution in [0, 0.1) is 12.7 Å². The monoisotopic (exact) mass is 425 g/mol. The Hall–Kier alpha value is -3.49. The van der Waals surface area contributed by atoms with E-state index in [1.165, 1.54) is 33.9 Å². The number of hydrogen-bond donors (Lipinski definition) is 0. The second-order valence-corrected chi connectivity index (χ2v) is 7.94. The fourth-order valence-electron chi connectivity index (χ4n) is 4.23. The zero-order valence-corrected chi connectivity index (χ0v) is 16.6. The number of halogens is 3. The lowest BCUT2D eigenvalue weighted by Gasteiger charge is -2.37. The van der Waals surface area contributed by atoms with E-state index in [1.807, 2.05) is 0 Å². The van der Waals surface area contributed by atoms with Gasteiger partial charge in [-0.15, -0.1) is 0 Å². The van der Waals surface area contributed by atoms with E-state index in [0.717, 1.165) is 0 Å². The van der Waals surface area contributed by atoms with Crippen molar-refractivity contribution < 1.29 is 18.0 Å². The van der Waals surface area contributed by atoms with E-state index in [2.05, 4.69) is 15.1 Å². The Kier molecular flexibility index (Phi) is 4.42. The first-order valence-corrected chi connectivity index (χ1v) is 9.83. The lowest BCUT2D eigenvalue weighted by Crippen LogP contribution is -2.49. The quantitative estimate of drug-likeness (QED) is 0.487. The molecule has 1 atom stereocenters. The molecular formula is C22H18F3N5O. The summed E-state index contributed by atoms with van der Waals surface area (Å²) >= 11 is 0. The van der Waals surface area contributed by atoms with Crippen molar-refractivity contribution in [2.75, 3.05) is 13.1 Å². The van der Waals surface area contributed by atoms with Gasteiger partial charge in [-0.2, -0.15) is 10.1 Å². The summed E-state index contributed by atoms with van der Waals surface area (Å²) in [6, 6.07) is 10.7. The van der Waals surface area contributed by atoms with Crippen molar-refractivity contribution in [2.24, 2.45) is 0 Å². The van der Waals surface area contributed by atoms with Gasteiger partial charge in [-0.05, 0) is 48.0 Å². The molecule has 2 aromatic carbocycles. The molecule has 1 saturated heterocycles. The molecule has 1 aliphatic rings. The van der Waals surface area contributed by atoms with Crippen LogP contribution in [0.2, 0.25) is 0 Å². The number of fused-ring (bicyclic) bond motifs is 2. The van der Waals surface area contributed by atoms with Crippen LogP contribution >= 0.6 is 0 Å². The minimum absolute atomic E-state index is 0.119. The predicted molar refractivity (Wildman–Crippen MR) is 108 cm³/mol. The highest BCUT2D eigenvalue weighted by atomic mass is 19.3. The average Bonchev–Trinajstić information content (AvgIpc) is 3.19. The molecule has 158 valence electrons. The van der Waals surface area contributed by atoms with Crippen LogP contribution < -0.4 is 0 Å². The molecule has 31 heavy (non-hydrogen) atoms. The van der Waals surface area contributed by atoms with Gasteiger partial charge in [-0.25, -0.2) is 22.7 Å². The minimum Gasteiger partial charge on any atom is -0.332 e. The number of carbonyl (C=O) groups is 1. The molecule has 1 unspecified atom stereocenters.